The van der Waals surface area contributed by atoms with Gasteiger partial charge in [-0.1, -0.05) is 0 Å². The van der Waals surface area contributed by atoms with Crippen LogP contribution in [0.25, 0.3) is 0 Å². The van der Waals surface area contributed by atoms with Gasteiger partial charge in [0.15, 0.2) is 5.82 Å². The number of nitrogens with zero attached hydrogens (tertiary/aromatic N) is 2. The van der Waals surface area contributed by atoms with Gasteiger partial charge in [0.05, 0.1) is 6.61 Å². The summed E-state index contributed by atoms with van der Waals surface area (Å²) in [5, 5.41) is 7.09. The van der Waals surface area contributed by atoms with Crippen LogP contribution in [0.3, 0.4) is 0 Å². The molecule has 1 heterocycles. The Bertz CT molecular complexity index is 426. The van der Waals surface area contributed by atoms with Crippen LogP contribution in [0.15, 0.2) is 6.07 Å². The van der Waals surface area contributed by atoms with Crippen LogP contribution in [-0.4, -0.2) is 35.4 Å². The van der Waals surface area contributed by atoms with Crippen molar-refractivity contribution in [2.24, 2.45) is 5.73 Å². The maximum absolute atomic E-state index is 11.7. The Morgan fingerprint density at radius 1 is 1.72 bits per heavy atom. The molecule has 0 saturated heterocycles. The summed E-state index contributed by atoms with van der Waals surface area (Å²) in [6, 6.07) is 1.28. The first-order valence-electron chi connectivity index (χ1n) is 6.28. The molecule has 0 bridgehead atoms. The zero-order valence-electron chi connectivity index (χ0n) is 10.8. The SMILES string of the molecule is CCn1nc(NC(=O)C(N)COC)cc1C1CC1. The molecule has 0 radical (unpaired) electrons. The highest BCUT2D eigenvalue weighted by Crippen LogP contribution is 2.40. The number of hydrogen-bond donors (Lipinski definition) is 2. The van der Waals surface area contributed by atoms with Gasteiger partial charge in [0.2, 0.25) is 5.91 Å². The van der Waals surface area contributed by atoms with Crippen molar-refractivity contribution in [1.82, 2.24) is 9.78 Å². The number of carbonyl (C=O) groups excluding carboxylic acids is 1. The van der Waals surface area contributed by atoms with Gasteiger partial charge in [-0.2, -0.15) is 5.10 Å². The quantitative estimate of drug-likeness (QED) is 0.780. The standard InChI is InChI=1S/C12H20N4O2/c1-3-16-10(8-4-5-8)6-11(15-16)14-12(17)9(13)7-18-2/h6,8-9H,3-5,7,13H2,1-2H3,(H,14,15,17). The number of rotatable bonds is 6. The third-order valence-electron chi connectivity index (χ3n) is 3.04. The molecule has 1 aliphatic carbocycles. The summed E-state index contributed by atoms with van der Waals surface area (Å²) in [6.45, 7) is 3.06. The zero-order chi connectivity index (χ0) is 13.1. The minimum Gasteiger partial charge on any atom is -0.383 e. The van der Waals surface area contributed by atoms with Crippen molar-refractivity contribution in [2.75, 3.05) is 19.0 Å². The molecule has 2 rings (SSSR count). The van der Waals surface area contributed by atoms with Crippen LogP contribution >= 0.6 is 0 Å². The number of carbonyl (C=O) groups is 1. The van der Waals surface area contributed by atoms with Gasteiger partial charge < -0.3 is 15.8 Å². The Hall–Kier alpha value is -1.40. The van der Waals surface area contributed by atoms with E-state index in [-0.39, 0.29) is 12.5 Å². The van der Waals surface area contributed by atoms with Gasteiger partial charge in [0.1, 0.15) is 6.04 Å². The summed E-state index contributed by atoms with van der Waals surface area (Å²) < 4.78 is 6.79. The largest absolute Gasteiger partial charge is 0.383 e. The predicted octanol–water partition coefficient (Wildman–Crippen LogP) is 0.693. The van der Waals surface area contributed by atoms with E-state index in [0.29, 0.717) is 11.7 Å². The second kappa shape index (κ2) is 5.49. The van der Waals surface area contributed by atoms with Crippen molar-refractivity contribution in [1.29, 1.82) is 0 Å². The number of methoxy groups -OCH3 is 1. The molecule has 18 heavy (non-hydrogen) atoms. The lowest BCUT2D eigenvalue weighted by Crippen LogP contribution is -2.39. The van der Waals surface area contributed by atoms with Crippen molar-refractivity contribution in [3.05, 3.63) is 11.8 Å². The summed E-state index contributed by atoms with van der Waals surface area (Å²) in [4.78, 5) is 11.7. The lowest BCUT2D eigenvalue weighted by Gasteiger charge is -2.08. The van der Waals surface area contributed by atoms with Crippen LogP contribution < -0.4 is 11.1 Å². The highest BCUT2D eigenvalue weighted by molar-refractivity contribution is 5.94. The average Bonchev–Trinajstić information content (AvgIpc) is 3.11. The molecule has 1 fully saturated rings. The van der Waals surface area contributed by atoms with Crippen LogP contribution in [0.5, 0.6) is 0 Å². The third-order valence-corrected chi connectivity index (χ3v) is 3.04. The molecule has 1 aliphatic rings. The summed E-state index contributed by atoms with van der Waals surface area (Å²) in [5.41, 5.74) is 6.86. The van der Waals surface area contributed by atoms with Crippen LogP contribution in [0.2, 0.25) is 0 Å². The lowest BCUT2D eigenvalue weighted by atomic mass is 10.3. The fourth-order valence-electron chi connectivity index (χ4n) is 1.93. The minimum absolute atomic E-state index is 0.204. The molecule has 1 unspecified atom stereocenters. The van der Waals surface area contributed by atoms with Gasteiger partial charge in [-0.3, -0.25) is 9.48 Å². The Balaban J connectivity index is 2.02. The molecule has 6 nitrogen and oxygen atoms in total. The summed E-state index contributed by atoms with van der Waals surface area (Å²) in [7, 11) is 1.52. The van der Waals surface area contributed by atoms with E-state index in [4.69, 9.17) is 10.5 Å². The highest BCUT2D eigenvalue weighted by Gasteiger charge is 2.28. The number of aromatic nitrogens is 2. The maximum atomic E-state index is 11.7. The van der Waals surface area contributed by atoms with Crippen molar-refractivity contribution in [3.63, 3.8) is 0 Å². The predicted molar refractivity (Wildman–Crippen MR) is 68.4 cm³/mol. The van der Waals surface area contributed by atoms with Crippen molar-refractivity contribution < 1.29 is 9.53 Å². The van der Waals surface area contributed by atoms with E-state index in [1.807, 2.05) is 17.7 Å². The van der Waals surface area contributed by atoms with Crippen LogP contribution in [0.1, 0.15) is 31.4 Å². The Kier molecular flexibility index (Phi) is 3.98. The molecule has 1 aromatic heterocycles. The number of anilines is 1. The molecule has 1 saturated carbocycles. The highest BCUT2D eigenvalue weighted by atomic mass is 16.5. The first kappa shape index (κ1) is 13.0. The van der Waals surface area contributed by atoms with E-state index in [0.717, 1.165) is 6.54 Å². The Morgan fingerprint density at radius 3 is 3.00 bits per heavy atom. The molecule has 100 valence electrons. The molecule has 1 amide bonds. The fraction of sp³-hybridized carbons (Fsp3) is 0.667. The summed E-state index contributed by atoms with van der Waals surface area (Å²) in [5.74, 6) is 0.922. The summed E-state index contributed by atoms with van der Waals surface area (Å²) in [6.07, 6.45) is 2.42. The normalized spacial score (nSPS) is 16.6. The molecule has 3 N–H and O–H groups in total. The Morgan fingerprint density at radius 2 is 2.44 bits per heavy atom. The van der Waals surface area contributed by atoms with Gasteiger partial charge >= 0.3 is 0 Å². The number of ether oxygens (including phenoxy) is 1. The number of hydrogen-bond acceptors (Lipinski definition) is 4. The average molecular weight is 252 g/mol. The van der Waals surface area contributed by atoms with Crippen LogP contribution in [0, 0.1) is 0 Å². The topological polar surface area (TPSA) is 82.2 Å². The maximum Gasteiger partial charge on any atom is 0.244 e. The van der Waals surface area contributed by atoms with Gasteiger partial charge in [0.25, 0.3) is 0 Å². The van der Waals surface area contributed by atoms with Crippen molar-refractivity contribution in [2.45, 2.75) is 38.3 Å². The van der Waals surface area contributed by atoms with E-state index >= 15 is 0 Å². The van der Waals surface area contributed by atoms with E-state index in [2.05, 4.69) is 10.4 Å². The van der Waals surface area contributed by atoms with Gasteiger partial charge in [-0.15, -0.1) is 0 Å². The second-order valence-corrected chi connectivity index (χ2v) is 4.60. The van der Waals surface area contributed by atoms with Crippen molar-refractivity contribution >= 4 is 11.7 Å². The van der Waals surface area contributed by atoms with Gasteiger partial charge in [-0.25, -0.2) is 0 Å². The first-order valence-corrected chi connectivity index (χ1v) is 6.28. The second-order valence-electron chi connectivity index (χ2n) is 4.60. The molecule has 6 heteroatoms. The smallest absolute Gasteiger partial charge is 0.244 e. The van der Waals surface area contributed by atoms with Crippen LogP contribution in [-0.2, 0) is 16.1 Å². The summed E-state index contributed by atoms with van der Waals surface area (Å²) >= 11 is 0. The molecular weight excluding hydrogens is 232 g/mol. The number of amides is 1. The minimum atomic E-state index is -0.661. The van der Waals surface area contributed by atoms with E-state index < -0.39 is 6.04 Å². The molecule has 1 atom stereocenters. The lowest BCUT2D eigenvalue weighted by molar-refractivity contribution is -0.118. The third kappa shape index (κ3) is 2.88. The molecular formula is C12H20N4O2. The molecule has 0 spiro atoms. The molecule has 1 aromatic rings. The van der Waals surface area contributed by atoms with Gasteiger partial charge in [-0.05, 0) is 19.8 Å². The van der Waals surface area contributed by atoms with Gasteiger partial charge in [0, 0.05) is 31.3 Å². The molecule has 0 aromatic carbocycles. The fourth-order valence-corrected chi connectivity index (χ4v) is 1.93. The number of nitrogens with one attached hydrogen (secondary N) is 1. The van der Waals surface area contributed by atoms with Crippen molar-refractivity contribution in [3.8, 4) is 0 Å². The zero-order valence-corrected chi connectivity index (χ0v) is 10.8. The van der Waals surface area contributed by atoms with E-state index in [1.165, 1.54) is 25.6 Å². The van der Waals surface area contributed by atoms with E-state index in [1.54, 1.807) is 0 Å². The number of aryl methyl sites for hydroxylation is 1. The monoisotopic (exact) mass is 252 g/mol. The van der Waals surface area contributed by atoms with E-state index in [9.17, 15) is 4.79 Å². The first-order chi connectivity index (χ1) is 8.65. The Labute approximate surface area is 106 Å². The van der Waals surface area contributed by atoms with Crippen LogP contribution in [0.4, 0.5) is 5.82 Å². The number of nitrogens with two attached hydrogens (primary N) is 1. The molecule has 0 aliphatic heterocycles.